The maximum absolute atomic E-state index is 14.5. The molecule has 0 aliphatic carbocycles. The molecular weight excluding hydrogens is 923 g/mol. The Morgan fingerprint density at radius 1 is 0.338 bits per heavy atom. The second kappa shape index (κ2) is 37.2. The minimum atomic E-state index is 0.162. The van der Waals surface area contributed by atoms with E-state index in [0.29, 0.717) is 118 Å². The van der Waals surface area contributed by atoms with E-state index in [2.05, 4.69) is 48.8 Å². The van der Waals surface area contributed by atoms with Gasteiger partial charge >= 0.3 is 0 Å². The molecule has 11 nitrogen and oxygen atoms in total. The van der Waals surface area contributed by atoms with Gasteiger partial charge in [0.1, 0.15) is 37.1 Å². The maximum atomic E-state index is 14.5. The van der Waals surface area contributed by atoms with Gasteiger partial charge in [0, 0.05) is 114 Å². The zero-order valence-electron chi connectivity index (χ0n) is 46.7. The first-order valence-electron chi connectivity index (χ1n) is 29.8. The van der Waals surface area contributed by atoms with Gasteiger partial charge in [0.15, 0.2) is 0 Å². The molecule has 0 fully saturated rings. The lowest BCUT2D eigenvalue weighted by molar-refractivity contribution is -0.132. The molecule has 3 heterocycles. The molecule has 11 heteroatoms. The van der Waals surface area contributed by atoms with Crippen molar-refractivity contribution >= 4 is 17.7 Å². The molecule has 0 saturated heterocycles. The van der Waals surface area contributed by atoms with Crippen LogP contribution in [0.3, 0.4) is 0 Å². The maximum Gasteiger partial charge on any atom is 0.222 e. The fraction of sp³-hybridized carbons (Fsp3) is 0.667. The summed E-state index contributed by atoms with van der Waals surface area (Å²) in [6, 6.07) is 24.5. The number of fused-ring (bicyclic) bond motifs is 15. The topological polar surface area (TPSA) is 95.1 Å². The van der Waals surface area contributed by atoms with E-state index in [-0.39, 0.29) is 17.7 Å². The van der Waals surface area contributed by atoms with Crippen molar-refractivity contribution in [2.24, 2.45) is 0 Å². The summed E-state index contributed by atoms with van der Waals surface area (Å²) in [5.74, 6) is 2.87. The number of amides is 3. The van der Waals surface area contributed by atoms with Crippen LogP contribution in [0.2, 0.25) is 0 Å². The van der Waals surface area contributed by atoms with Crippen LogP contribution >= 0.6 is 0 Å². The number of hydrogen-bond acceptors (Lipinski definition) is 8. The predicted molar refractivity (Wildman–Crippen MR) is 303 cm³/mol. The number of rotatable bonds is 24. The SMILES string of the molecule is CCCCCCCCCC(=O)N1CCN2CCN(C(=O)CCCCCCCCC)Cc3ccccc3OCCN(CCOc3ccccc3C1)CCOc1ccccc1CN(C(=O)CCCCCCCCC)CC2. The van der Waals surface area contributed by atoms with Crippen molar-refractivity contribution in [2.45, 2.75) is 195 Å². The zero-order valence-corrected chi connectivity index (χ0v) is 46.7. The van der Waals surface area contributed by atoms with Crippen molar-refractivity contribution in [1.29, 1.82) is 0 Å². The molecule has 0 aromatic heterocycles. The molecule has 3 aliphatic rings. The third-order valence-electron chi connectivity index (χ3n) is 15.1. The third kappa shape index (κ3) is 23.5. The molecule has 3 amide bonds. The molecule has 3 aromatic rings. The monoisotopic (exact) mass is 1020 g/mol. The number of benzene rings is 3. The smallest absolute Gasteiger partial charge is 0.222 e. The highest BCUT2D eigenvalue weighted by atomic mass is 16.5. The average molecular weight is 1020 g/mol. The van der Waals surface area contributed by atoms with Crippen LogP contribution in [0.5, 0.6) is 17.2 Å². The summed E-state index contributed by atoms with van der Waals surface area (Å²) < 4.78 is 19.9. The van der Waals surface area contributed by atoms with Crippen molar-refractivity contribution in [3.8, 4) is 17.2 Å². The normalized spacial score (nSPS) is 17.5. The molecule has 0 spiro atoms. The number of unbranched alkanes of at least 4 members (excludes halogenated alkanes) is 18. The van der Waals surface area contributed by atoms with Crippen molar-refractivity contribution in [3.05, 3.63) is 89.5 Å². The number of carbonyl (C=O) groups excluding carboxylic acids is 3. The second-order valence-electron chi connectivity index (χ2n) is 21.1. The minimum absolute atomic E-state index is 0.162. The Kier molecular flexibility index (Phi) is 30.3. The summed E-state index contributed by atoms with van der Waals surface area (Å²) in [7, 11) is 0. The second-order valence-corrected chi connectivity index (χ2v) is 21.1. The fourth-order valence-electron chi connectivity index (χ4n) is 10.3. The van der Waals surface area contributed by atoms with E-state index >= 15 is 0 Å². The number of ether oxygens (including phenoxy) is 3. The van der Waals surface area contributed by atoms with Crippen molar-refractivity contribution in [1.82, 2.24) is 24.5 Å². The number of hydrogen-bond donors (Lipinski definition) is 0. The highest BCUT2D eigenvalue weighted by Gasteiger charge is 2.24. The van der Waals surface area contributed by atoms with E-state index in [4.69, 9.17) is 14.2 Å². The highest BCUT2D eigenvalue weighted by molar-refractivity contribution is 5.77. The Balaban J connectivity index is 1.50. The van der Waals surface area contributed by atoms with Crippen LogP contribution in [0.1, 0.15) is 192 Å². The van der Waals surface area contributed by atoms with E-state index in [1.165, 1.54) is 77.0 Å². The molecule has 74 heavy (non-hydrogen) atoms. The van der Waals surface area contributed by atoms with Crippen LogP contribution < -0.4 is 14.2 Å². The standard InChI is InChI=1S/C63H99N5O6/c1-4-7-10-13-16-19-22-37-61(69)66-43-40-64-41-44-67(62(70)38-23-20-17-14-11-8-5-2)53-56-32-26-29-35-59(56)73-50-47-65(46-49-72-58-34-28-25-31-55(58)52-66)48-51-74-60-36-30-27-33-57(60)54-68(45-42-64)63(71)39-24-21-18-15-12-9-6-3/h25-36H,4-24,37-54H2,1-3H3. The van der Waals surface area contributed by atoms with Crippen LogP contribution in [0, 0.1) is 0 Å². The van der Waals surface area contributed by atoms with Crippen LogP contribution in [-0.2, 0) is 34.0 Å². The highest BCUT2D eigenvalue weighted by Crippen LogP contribution is 2.25. The summed E-state index contributed by atoms with van der Waals surface area (Å²) in [6.07, 6.45) is 25.7. The lowest BCUT2D eigenvalue weighted by Gasteiger charge is -2.33. The molecule has 3 aliphatic heterocycles. The van der Waals surface area contributed by atoms with Crippen LogP contribution in [0.25, 0.3) is 0 Å². The first-order chi connectivity index (χ1) is 36.4. The van der Waals surface area contributed by atoms with Gasteiger partial charge in [-0.05, 0) is 37.5 Å². The number of para-hydroxylation sites is 3. The number of carbonyl (C=O) groups is 3. The Hall–Kier alpha value is -4.61. The fourth-order valence-corrected chi connectivity index (χ4v) is 10.3. The van der Waals surface area contributed by atoms with Crippen LogP contribution in [0.15, 0.2) is 72.8 Å². The number of nitrogens with zero attached hydrogens (tertiary/aromatic N) is 5. The quantitative estimate of drug-likeness (QED) is 0.0819. The lowest BCUT2D eigenvalue weighted by atomic mass is 10.1. The van der Waals surface area contributed by atoms with Crippen molar-refractivity contribution in [3.63, 3.8) is 0 Å². The van der Waals surface area contributed by atoms with E-state index in [0.717, 1.165) is 91.7 Å². The first kappa shape index (κ1) is 60.3. The van der Waals surface area contributed by atoms with Crippen molar-refractivity contribution < 1.29 is 28.6 Å². The minimum Gasteiger partial charge on any atom is -0.492 e. The Bertz CT molecular complexity index is 1770. The molecule has 0 unspecified atom stereocenters. The first-order valence-corrected chi connectivity index (χ1v) is 29.8. The predicted octanol–water partition coefficient (Wildman–Crippen LogP) is 13.3. The van der Waals surface area contributed by atoms with E-state index in [1.54, 1.807) is 0 Å². The molecule has 0 saturated carbocycles. The average Bonchev–Trinajstić information content (AvgIpc) is 3.41. The Morgan fingerprint density at radius 2 is 0.595 bits per heavy atom. The molecule has 6 rings (SSSR count). The van der Waals surface area contributed by atoms with Gasteiger partial charge in [0.05, 0.1) is 0 Å². The van der Waals surface area contributed by atoms with Gasteiger partial charge in [0.25, 0.3) is 0 Å². The van der Waals surface area contributed by atoms with Gasteiger partial charge in [-0.3, -0.25) is 24.2 Å². The van der Waals surface area contributed by atoms with E-state index in [9.17, 15) is 14.4 Å². The van der Waals surface area contributed by atoms with Crippen LogP contribution in [0.4, 0.5) is 0 Å². The molecule has 0 N–H and O–H groups in total. The molecule has 0 atom stereocenters. The molecule has 0 radical (unpaired) electrons. The molecular formula is C63H99N5O6. The largest absolute Gasteiger partial charge is 0.492 e. The van der Waals surface area contributed by atoms with Gasteiger partial charge in [0.2, 0.25) is 17.7 Å². The van der Waals surface area contributed by atoms with Gasteiger partial charge in [-0.1, -0.05) is 191 Å². The Labute approximate surface area is 449 Å². The summed E-state index contributed by atoms with van der Waals surface area (Å²) in [6.45, 7) is 14.7. The molecule has 3 aromatic carbocycles. The van der Waals surface area contributed by atoms with Gasteiger partial charge in [-0.2, -0.15) is 0 Å². The van der Waals surface area contributed by atoms with E-state index < -0.39 is 0 Å². The van der Waals surface area contributed by atoms with Gasteiger partial charge in [-0.25, -0.2) is 0 Å². The summed E-state index contributed by atoms with van der Waals surface area (Å²) in [5.41, 5.74) is 2.98. The zero-order chi connectivity index (χ0) is 52.3. The third-order valence-corrected chi connectivity index (χ3v) is 15.1. The lowest BCUT2D eigenvalue weighted by Crippen LogP contribution is -2.45. The summed E-state index contributed by atoms with van der Waals surface area (Å²) in [4.78, 5) is 54.4. The van der Waals surface area contributed by atoms with E-state index in [1.807, 2.05) is 69.3 Å². The molecule has 412 valence electrons. The molecule has 2 bridgehead atoms. The van der Waals surface area contributed by atoms with Gasteiger partial charge in [-0.15, -0.1) is 0 Å². The Morgan fingerprint density at radius 3 is 0.892 bits per heavy atom. The van der Waals surface area contributed by atoms with Crippen molar-refractivity contribution in [2.75, 3.05) is 78.7 Å². The van der Waals surface area contributed by atoms with Gasteiger partial charge < -0.3 is 28.9 Å². The summed E-state index contributed by atoms with van der Waals surface area (Å²) in [5, 5.41) is 0. The summed E-state index contributed by atoms with van der Waals surface area (Å²) >= 11 is 0. The van der Waals surface area contributed by atoms with Crippen LogP contribution in [-0.4, -0.2) is 121 Å².